The first-order valence-corrected chi connectivity index (χ1v) is 7.33. The van der Waals surface area contributed by atoms with Crippen LogP contribution in [0.4, 0.5) is 0 Å². The first-order valence-electron chi connectivity index (χ1n) is 7.33. The molecule has 2 N–H and O–H groups in total. The van der Waals surface area contributed by atoms with Gasteiger partial charge in [-0.05, 0) is 52.2 Å². The molecule has 0 aromatic heterocycles. The third-order valence-corrected chi connectivity index (χ3v) is 4.19. The quantitative estimate of drug-likeness (QED) is 0.874. The highest BCUT2D eigenvalue weighted by Crippen LogP contribution is 2.27. The van der Waals surface area contributed by atoms with Crippen LogP contribution in [0.15, 0.2) is 18.2 Å². The lowest BCUT2D eigenvalue weighted by molar-refractivity contribution is 0.0317. The Balaban J connectivity index is 2.09. The van der Waals surface area contributed by atoms with E-state index in [-0.39, 0.29) is 6.04 Å². The summed E-state index contributed by atoms with van der Waals surface area (Å²) in [6, 6.07) is 7.13. The third-order valence-electron chi connectivity index (χ3n) is 4.19. The summed E-state index contributed by atoms with van der Waals surface area (Å²) in [5, 5.41) is 12.4. The fraction of sp³-hybridized carbons (Fsp3) is 0.625. The Morgan fingerprint density at radius 2 is 1.89 bits per heavy atom. The standard InChI is InChI=1S/C16H26N2O/c1-11-8-9-15(16(19)10-11)14(4)17-18-12(2)6-5-7-13(18)3/h8-10,12-14,17,19H,5-7H2,1-4H3. The Morgan fingerprint density at radius 3 is 2.47 bits per heavy atom. The van der Waals surface area contributed by atoms with Crippen LogP contribution < -0.4 is 5.43 Å². The maximum Gasteiger partial charge on any atom is 0.120 e. The maximum atomic E-state index is 10.1. The molecule has 3 nitrogen and oxygen atoms in total. The summed E-state index contributed by atoms with van der Waals surface area (Å²) in [7, 11) is 0. The van der Waals surface area contributed by atoms with Crippen molar-refractivity contribution in [2.45, 2.75) is 65.1 Å². The summed E-state index contributed by atoms with van der Waals surface area (Å²) in [5.41, 5.74) is 5.63. The summed E-state index contributed by atoms with van der Waals surface area (Å²) < 4.78 is 0. The minimum atomic E-state index is 0.128. The lowest BCUT2D eigenvalue weighted by Gasteiger charge is -2.41. The molecule has 1 aromatic rings. The minimum Gasteiger partial charge on any atom is -0.508 e. The van der Waals surface area contributed by atoms with E-state index in [1.807, 2.05) is 19.1 Å². The zero-order valence-corrected chi connectivity index (χ0v) is 12.5. The second-order valence-electron chi connectivity index (χ2n) is 5.95. The molecule has 0 bridgehead atoms. The van der Waals surface area contributed by atoms with Crippen molar-refractivity contribution in [3.63, 3.8) is 0 Å². The van der Waals surface area contributed by atoms with Gasteiger partial charge >= 0.3 is 0 Å². The lowest BCUT2D eigenvalue weighted by Crippen LogP contribution is -2.52. The van der Waals surface area contributed by atoms with Crippen molar-refractivity contribution in [3.8, 4) is 5.75 Å². The number of nitrogens with one attached hydrogen (secondary N) is 1. The van der Waals surface area contributed by atoms with Gasteiger partial charge in [0.05, 0.1) is 0 Å². The van der Waals surface area contributed by atoms with E-state index in [9.17, 15) is 5.11 Å². The molecule has 3 heteroatoms. The molecule has 0 amide bonds. The second-order valence-corrected chi connectivity index (χ2v) is 5.95. The molecule has 1 fully saturated rings. The van der Waals surface area contributed by atoms with Crippen LogP contribution in [0.5, 0.6) is 5.75 Å². The van der Waals surface area contributed by atoms with E-state index >= 15 is 0 Å². The minimum absolute atomic E-state index is 0.128. The largest absolute Gasteiger partial charge is 0.508 e. The van der Waals surface area contributed by atoms with E-state index in [4.69, 9.17) is 0 Å². The van der Waals surface area contributed by atoms with Crippen LogP contribution in [0.1, 0.15) is 57.2 Å². The first kappa shape index (κ1) is 14.4. The summed E-state index contributed by atoms with van der Waals surface area (Å²) >= 11 is 0. The van der Waals surface area contributed by atoms with E-state index < -0.39 is 0 Å². The average molecular weight is 262 g/mol. The highest BCUT2D eigenvalue weighted by Gasteiger charge is 2.26. The maximum absolute atomic E-state index is 10.1. The van der Waals surface area contributed by atoms with Crippen molar-refractivity contribution in [1.82, 2.24) is 10.4 Å². The second kappa shape index (κ2) is 5.93. The van der Waals surface area contributed by atoms with Crippen LogP contribution >= 0.6 is 0 Å². The average Bonchev–Trinajstić information content (AvgIpc) is 2.33. The Morgan fingerprint density at radius 1 is 1.26 bits per heavy atom. The Hall–Kier alpha value is -1.06. The monoisotopic (exact) mass is 262 g/mol. The van der Waals surface area contributed by atoms with E-state index in [0.29, 0.717) is 17.8 Å². The number of hydrazine groups is 1. The first-order chi connectivity index (χ1) is 8.99. The van der Waals surface area contributed by atoms with E-state index in [0.717, 1.165) is 11.1 Å². The van der Waals surface area contributed by atoms with Crippen LogP contribution in [-0.4, -0.2) is 22.2 Å². The number of piperidine rings is 1. The summed E-state index contributed by atoms with van der Waals surface area (Å²) in [5.74, 6) is 0.386. The molecule has 0 spiro atoms. The molecule has 3 unspecified atom stereocenters. The van der Waals surface area contributed by atoms with Crippen molar-refractivity contribution in [3.05, 3.63) is 29.3 Å². The van der Waals surface area contributed by atoms with Gasteiger partial charge in [0, 0.05) is 23.7 Å². The lowest BCUT2D eigenvalue weighted by atomic mass is 9.99. The number of aryl methyl sites for hydroxylation is 1. The molecule has 19 heavy (non-hydrogen) atoms. The SMILES string of the molecule is Cc1ccc(C(C)NN2C(C)CCCC2C)c(O)c1. The molecule has 0 radical (unpaired) electrons. The van der Waals surface area contributed by atoms with E-state index in [1.54, 1.807) is 0 Å². The number of hydrogen-bond donors (Lipinski definition) is 2. The van der Waals surface area contributed by atoms with Crippen molar-refractivity contribution in [1.29, 1.82) is 0 Å². The van der Waals surface area contributed by atoms with Gasteiger partial charge in [-0.15, -0.1) is 0 Å². The van der Waals surface area contributed by atoms with Crippen molar-refractivity contribution < 1.29 is 5.11 Å². The fourth-order valence-electron chi connectivity index (χ4n) is 2.99. The van der Waals surface area contributed by atoms with Gasteiger partial charge in [-0.2, -0.15) is 0 Å². The van der Waals surface area contributed by atoms with Gasteiger partial charge in [-0.3, -0.25) is 0 Å². The Bertz CT molecular complexity index is 423. The molecule has 1 heterocycles. The smallest absolute Gasteiger partial charge is 0.120 e. The number of hydrogen-bond acceptors (Lipinski definition) is 3. The molecular weight excluding hydrogens is 236 g/mol. The third kappa shape index (κ3) is 3.28. The van der Waals surface area contributed by atoms with E-state index in [2.05, 4.69) is 37.3 Å². The van der Waals surface area contributed by atoms with Gasteiger partial charge in [-0.1, -0.05) is 18.6 Å². The Kier molecular flexibility index (Phi) is 4.48. The number of aromatic hydroxyl groups is 1. The summed E-state index contributed by atoms with van der Waals surface area (Å²) in [6.07, 6.45) is 3.79. The molecule has 106 valence electrons. The zero-order valence-electron chi connectivity index (χ0n) is 12.5. The van der Waals surface area contributed by atoms with Gasteiger partial charge in [0.1, 0.15) is 5.75 Å². The molecule has 1 aromatic carbocycles. The Labute approximate surface area is 116 Å². The predicted molar refractivity (Wildman–Crippen MR) is 79.0 cm³/mol. The van der Waals surface area contributed by atoms with E-state index in [1.165, 1.54) is 19.3 Å². The van der Waals surface area contributed by atoms with Gasteiger partial charge in [0.25, 0.3) is 0 Å². The number of nitrogens with zero attached hydrogens (tertiary/aromatic N) is 1. The molecule has 0 aliphatic carbocycles. The number of rotatable bonds is 3. The summed E-state index contributed by atoms with van der Waals surface area (Å²) in [6.45, 7) is 8.64. The van der Waals surface area contributed by atoms with Crippen molar-refractivity contribution in [2.24, 2.45) is 0 Å². The summed E-state index contributed by atoms with van der Waals surface area (Å²) in [4.78, 5) is 0. The van der Waals surface area contributed by atoms with Crippen molar-refractivity contribution >= 4 is 0 Å². The number of phenols is 1. The molecular formula is C16H26N2O. The number of benzene rings is 1. The van der Waals surface area contributed by atoms with Crippen LogP contribution in [0.2, 0.25) is 0 Å². The zero-order chi connectivity index (χ0) is 14.0. The van der Waals surface area contributed by atoms with Crippen LogP contribution in [-0.2, 0) is 0 Å². The van der Waals surface area contributed by atoms with Gasteiger partial charge < -0.3 is 5.11 Å². The van der Waals surface area contributed by atoms with Crippen LogP contribution in [0, 0.1) is 6.92 Å². The van der Waals surface area contributed by atoms with Gasteiger partial charge in [0.2, 0.25) is 0 Å². The van der Waals surface area contributed by atoms with Crippen LogP contribution in [0.25, 0.3) is 0 Å². The van der Waals surface area contributed by atoms with Crippen molar-refractivity contribution in [2.75, 3.05) is 0 Å². The molecule has 3 atom stereocenters. The molecule has 1 aliphatic rings. The molecule has 1 saturated heterocycles. The topological polar surface area (TPSA) is 35.5 Å². The number of phenolic OH excluding ortho intramolecular Hbond substituents is 1. The fourth-order valence-corrected chi connectivity index (χ4v) is 2.99. The molecule has 2 rings (SSSR count). The highest BCUT2D eigenvalue weighted by molar-refractivity contribution is 5.37. The highest BCUT2D eigenvalue weighted by atomic mass is 16.3. The molecule has 1 aliphatic heterocycles. The normalized spacial score (nSPS) is 26.3. The molecule has 0 saturated carbocycles. The van der Waals surface area contributed by atoms with Crippen LogP contribution in [0.3, 0.4) is 0 Å². The predicted octanol–water partition coefficient (Wildman–Crippen LogP) is 3.53. The van der Waals surface area contributed by atoms with Gasteiger partial charge in [0.15, 0.2) is 0 Å². The van der Waals surface area contributed by atoms with Gasteiger partial charge in [-0.25, -0.2) is 10.4 Å².